The zero-order valence-corrected chi connectivity index (χ0v) is 26.2. The molecule has 0 unspecified atom stereocenters. The minimum absolute atomic E-state index is 0.922. The Labute approximate surface area is 275 Å². The van der Waals surface area contributed by atoms with Crippen LogP contribution >= 0.6 is 11.3 Å². The fourth-order valence-electron chi connectivity index (χ4n) is 7.25. The summed E-state index contributed by atoms with van der Waals surface area (Å²) >= 11 is 1.85. The Balaban J connectivity index is 1.17. The first-order valence-electron chi connectivity index (χ1n) is 15.9. The molecule has 0 spiro atoms. The maximum Gasteiger partial charge on any atom is 0.143 e. The van der Waals surface area contributed by atoms with Gasteiger partial charge in [-0.2, -0.15) is 0 Å². The molecule has 0 bridgehead atoms. The Morgan fingerprint density at radius 1 is 0.404 bits per heavy atom. The van der Waals surface area contributed by atoms with E-state index < -0.39 is 0 Å². The number of benzene rings is 8. The standard InChI is InChI=1S/C44H27NOS/c1-2-11-30(12-3-1)45(31-23-22-29-21-20-28-10-4-5-13-33(28)39(29)26-31)32-24-25-42-40(27-32)38-18-9-17-37(44(38)47-42)36-16-8-15-35-34-14-6-7-19-41(34)46-43(35)36/h1-27H. The van der Waals surface area contributed by atoms with E-state index in [1.165, 1.54) is 47.3 Å². The van der Waals surface area contributed by atoms with Crippen molar-refractivity contribution in [3.05, 3.63) is 164 Å². The van der Waals surface area contributed by atoms with Crippen molar-refractivity contribution in [2.24, 2.45) is 0 Å². The second kappa shape index (κ2) is 10.3. The van der Waals surface area contributed by atoms with E-state index in [-0.39, 0.29) is 0 Å². The summed E-state index contributed by atoms with van der Waals surface area (Å²) in [6.45, 7) is 0. The molecule has 0 radical (unpaired) electrons. The molecule has 8 aromatic carbocycles. The van der Waals surface area contributed by atoms with Crippen LogP contribution in [-0.4, -0.2) is 0 Å². The molecule has 0 aliphatic heterocycles. The highest BCUT2D eigenvalue weighted by Crippen LogP contribution is 2.46. The van der Waals surface area contributed by atoms with Crippen LogP contribution in [0.1, 0.15) is 0 Å². The van der Waals surface area contributed by atoms with Gasteiger partial charge in [0.15, 0.2) is 0 Å². The summed E-state index contributed by atoms with van der Waals surface area (Å²) < 4.78 is 9.01. The van der Waals surface area contributed by atoms with E-state index in [2.05, 4.69) is 163 Å². The number of rotatable bonds is 4. The highest BCUT2D eigenvalue weighted by molar-refractivity contribution is 7.26. The van der Waals surface area contributed by atoms with Crippen molar-refractivity contribution in [1.82, 2.24) is 0 Å². The Bertz CT molecular complexity index is 2810. The number of thiophene rings is 1. The molecule has 0 atom stereocenters. The van der Waals surface area contributed by atoms with Crippen LogP contribution in [0.4, 0.5) is 17.1 Å². The van der Waals surface area contributed by atoms with Crippen molar-refractivity contribution in [2.75, 3.05) is 4.90 Å². The zero-order valence-electron chi connectivity index (χ0n) is 25.4. The van der Waals surface area contributed by atoms with Crippen molar-refractivity contribution >= 4 is 92.1 Å². The average Bonchev–Trinajstić information content (AvgIpc) is 3.71. The SMILES string of the molecule is c1ccc(N(c2ccc3ccc4ccccc4c3c2)c2ccc3sc4c(-c5cccc6c5oc5ccccc56)cccc4c3c2)cc1. The maximum absolute atomic E-state index is 6.46. The van der Waals surface area contributed by atoms with Gasteiger partial charge in [0.1, 0.15) is 11.2 Å². The van der Waals surface area contributed by atoms with Gasteiger partial charge in [-0.05, 0) is 70.1 Å². The van der Waals surface area contributed by atoms with E-state index in [0.29, 0.717) is 0 Å². The molecule has 2 aromatic heterocycles. The molecule has 10 aromatic rings. The van der Waals surface area contributed by atoms with E-state index in [1.807, 2.05) is 17.4 Å². The lowest BCUT2D eigenvalue weighted by Crippen LogP contribution is -2.09. The Kier molecular flexibility index (Phi) is 5.78. The maximum atomic E-state index is 6.46. The predicted molar refractivity (Wildman–Crippen MR) is 202 cm³/mol. The number of anilines is 3. The summed E-state index contributed by atoms with van der Waals surface area (Å²) in [5.74, 6) is 0. The van der Waals surface area contributed by atoms with E-state index in [4.69, 9.17) is 4.42 Å². The van der Waals surface area contributed by atoms with Crippen LogP contribution in [0.15, 0.2) is 168 Å². The van der Waals surface area contributed by atoms with Crippen LogP contribution in [0.5, 0.6) is 0 Å². The van der Waals surface area contributed by atoms with Gasteiger partial charge >= 0.3 is 0 Å². The highest BCUT2D eigenvalue weighted by atomic mass is 32.1. The smallest absolute Gasteiger partial charge is 0.143 e. The monoisotopic (exact) mass is 617 g/mol. The third-order valence-electron chi connectivity index (χ3n) is 9.44. The molecular formula is C44H27NOS. The molecule has 0 fully saturated rings. The van der Waals surface area contributed by atoms with Crippen LogP contribution in [0.2, 0.25) is 0 Å². The van der Waals surface area contributed by atoms with Gasteiger partial charge in [0.2, 0.25) is 0 Å². The first-order chi connectivity index (χ1) is 23.3. The first-order valence-corrected chi connectivity index (χ1v) is 16.7. The fourth-order valence-corrected chi connectivity index (χ4v) is 8.46. The molecule has 10 rings (SSSR count). The Morgan fingerprint density at radius 3 is 1.91 bits per heavy atom. The van der Waals surface area contributed by atoms with Gasteiger partial charge in [-0.15, -0.1) is 11.3 Å². The van der Waals surface area contributed by atoms with E-state index in [1.54, 1.807) is 0 Å². The molecule has 3 heteroatoms. The van der Waals surface area contributed by atoms with Gasteiger partial charge in [0.25, 0.3) is 0 Å². The zero-order chi connectivity index (χ0) is 30.9. The molecule has 0 amide bonds. The highest BCUT2D eigenvalue weighted by Gasteiger charge is 2.19. The summed E-state index contributed by atoms with van der Waals surface area (Å²) in [5, 5.41) is 9.85. The molecular weight excluding hydrogens is 591 g/mol. The van der Waals surface area contributed by atoms with Gasteiger partial charge < -0.3 is 9.32 Å². The number of hydrogen-bond donors (Lipinski definition) is 0. The first kappa shape index (κ1) is 26.3. The van der Waals surface area contributed by atoms with Crippen molar-refractivity contribution in [3.8, 4) is 11.1 Å². The van der Waals surface area contributed by atoms with Crippen LogP contribution in [0.3, 0.4) is 0 Å². The van der Waals surface area contributed by atoms with Gasteiger partial charge in [0, 0.05) is 59.1 Å². The molecule has 220 valence electrons. The quantitative estimate of drug-likeness (QED) is 0.183. The lowest BCUT2D eigenvalue weighted by atomic mass is 10.00. The predicted octanol–water partition coefficient (Wildman–Crippen LogP) is 13.4. The second-order valence-corrected chi connectivity index (χ2v) is 13.2. The van der Waals surface area contributed by atoms with Crippen molar-refractivity contribution in [3.63, 3.8) is 0 Å². The number of fused-ring (bicyclic) bond motifs is 9. The summed E-state index contributed by atoms with van der Waals surface area (Å²) in [4.78, 5) is 2.38. The third-order valence-corrected chi connectivity index (χ3v) is 10.7. The summed E-state index contributed by atoms with van der Waals surface area (Å²) in [6.07, 6.45) is 0. The largest absolute Gasteiger partial charge is 0.455 e. The Hall–Kier alpha value is -5.90. The molecule has 0 aliphatic carbocycles. The lowest BCUT2D eigenvalue weighted by molar-refractivity contribution is 0.670. The van der Waals surface area contributed by atoms with Gasteiger partial charge in [-0.3, -0.25) is 0 Å². The summed E-state index contributed by atoms with van der Waals surface area (Å²) in [6, 6.07) is 59.0. The van der Waals surface area contributed by atoms with Gasteiger partial charge in [-0.25, -0.2) is 0 Å². The van der Waals surface area contributed by atoms with Gasteiger partial charge in [0.05, 0.1) is 0 Å². The van der Waals surface area contributed by atoms with E-state index >= 15 is 0 Å². The molecule has 47 heavy (non-hydrogen) atoms. The average molecular weight is 618 g/mol. The van der Waals surface area contributed by atoms with Crippen LogP contribution in [-0.2, 0) is 0 Å². The van der Waals surface area contributed by atoms with Crippen LogP contribution in [0.25, 0.3) is 74.8 Å². The molecule has 0 aliphatic rings. The number of nitrogens with zero attached hydrogens (tertiary/aromatic N) is 1. The fraction of sp³-hybridized carbons (Fsp3) is 0. The minimum Gasteiger partial charge on any atom is -0.455 e. The number of para-hydroxylation sites is 3. The number of furan rings is 1. The topological polar surface area (TPSA) is 16.4 Å². The molecule has 0 N–H and O–H groups in total. The van der Waals surface area contributed by atoms with Crippen molar-refractivity contribution in [1.29, 1.82) is 0 Å². The molecule has 2 heterocycles. The van der Waals surface area contributed by atoms with Crippen LogP contribution in [0, 0.1) is 0 Å². The van der Waals surface area contributed by atoms with Crippen molar-refractivity contribution < 1.29 is 4.42 Å². The van der Waals surface area contributed by atoms with Crippen LogP contribution < -0.4 is 4.90 Å². The van der Waals surface area contributed by atoms with Crippen molar-refractivity contribution in [2.45, 2.75) is 0 Å². The number of hydrogen-bond acceptors (Lipinski definition) is 3. The summed E-state index contributed by atoms with van der Waals surface area (Å²) in [7, 11) is 0. The Morgan fingerprint density at radius 2 is 1.04 bits per heavy atom. The van der Waals surface area contributed by atoms with E-state index in [0.717, 1.165) is 44.6 Å². The normalized spacial score (nSPS) is 11.8. The molecule has 0 saturated carbocycles. The van der Waals surface area contributed by atoms with Gasteiger partial charge in [-0.1, -0.05) is 115 Å². The molecule has 0 saturated heterocycles. The second-order valence-electron chi connectivity index (χ2n) is 12.1. The third kappa shape index (κ3) is 4.10. The molecule has 2 nitrogen and oxygen atoms in total. The van der Waals surface area contributed by atoms with E-state index in [9.17, 15) is 0 Å². The minimum atomic E-state index is 0.922. The lowest BCUT2D eigenvalue weighted by Gasteiger charge is -2.26. The summed E-state index contributed by atoms with van der Waals surface area (Å²) in [5.41, 5.74) is 7.60.